The van der Waals surface area contributed by atoms with Crippen molar-refractivity contribution in [3.05, 3.63) is 0 Å². The predicted octanol–water partition coefficient (Wildman–Crippen LogP) is 2.05. The van der Waals surface area contributed by atoms with Gasteiger partial charge in [-0.3, -0.25) is 0 Å². The van der Waals surface area contributed by atoms with Gasteiger partial charge >= 0.3 is 0 Å². The average molecular weight is 185 g/mol. The second kappa shape index (κ2) is 5.61. The van der Waals surface area contributed by atoms with Gasteiger partial charge in [-0.15, -0.1) is 0 Å². The van der Waals surface area contributed by atoms with E-state index in [1.165, 1.54) is 25.8 Å². The van der Waals surface area contributed by atoms with Gasteiger partial charge in [-0.2, -0.15) is 0 Å². The van der Waals surface area contributed by atoms with E-state index < -0.39 is 0 Å². The van der Waals surface area contributed by atoms with E-state index in [-0.39, 0.29) is 0 Å². The smallest absolute Gasteiger partial charge is 0.0464 e. The quantitative estimate of drug-likeness (QED) is 0.655. The lowest BCUT2D eigenvalue weighted by molar-refractivity contribution is 0.167. The third-order valence-electron chi connectivity index (χ3n) is 3.05. The maximum absolute atomic E-state index is 5.08. The van der Waals surface area contributed by atoms with Crippen molar-refractivity contribution in [3.8, 4) is 0 Å². The molecule has 2 unspecified atom stereocenters. The first-order chi connectivity index (χ1) is 6.24. The van der Waals surface area contributed by atoms with Crippen LogP contribution in [-0.2, 0) is 4.74 Å². The van der Waals surface area contributed by atoms with Crippen LogP contribution in [0.25, 0.3) is 0 Å². The Hall–Kier alpha value is -0.0800. The Morgan fingerprint density at radius 2 is 2.00 bits per heavy atom. The summed E-state index contributed by atoms with van der Waals surface area (Å²) in [7, 11) is 1.78. The highest BCUT2D eigenvalue weighted by Crippen LogP contribution is 2.20. The van der Waals surface area contributed by atoms with Crippen molar-refractivity contribution in [2.24, 2.45) is 11.8 Å². The molecular weight excluding hydrogens is 162 g/mol. The molecule has 13 heavy (non-hydrogen) atoms. The maximum Gasteiger partial charge on any atom is 0.0464 e. The van der Waals surface area contributed by atoms with E-state index in [0.29, 0.717) is 0 Å². The molecule has 0 radical (unpaired) electrons. The van der Waals surface area contributed by atoms with Crippen molar-refractivity contribution < 1.29 is 4.74 Å². The lowest BCUT2D eigenvalue weighted by Gasteiger charge is -2.19. The third kappa shape index (κ3) is 4.63. The molecule has 1 N–H and O–H groups in total. The Bertz CT molecular complexity index is 134. The maximum atomic E-state index is 5.08. The van der Waals surface area contributed by atoms with Crippen molar-refractivity contribution in [2.45, 2.75) is 39.2 Å². The monoisotopic (exact) mass is 185 g/mol. The minimum Gasteiger partial charge on any atom is -0.385 e. The molecule has 1 aliphatic carbocycles. The van der Waals surface area contributed by atoms with Gasteiger partial charge in [-0.25, -0.2) is 0 Å². The topological polar surface area (TPSA) is 21.3 Å². The fourth-order valence-corrected chi connectivity index (χ4v) is 1.43. The van der Waals surface area contributed by atoms with Crippen molar-refractivity contribution in [1.29, 1.82) is 0 Å². The molecule has 0 aromatic carbocycles. The Morgan fingerprint density at radius 1 is 1.31 bits per heavy atom. The zero-order valence-electron chi connectivity index (χ0n) is 9.18. The highest BCUT2D eigenvalue weighted by atomic mass is 16.5. The van der Waals surface area contributed by atoms with Crippen molar-refractivity contribution in [3.63, 3.8) is 0 Å². The highest BCUT2D eigenvalue weighted by molar-refractivity contribution is 4.81. The molecule has 2 atom stereocenters. The summed E-state index contributed by atoms with van der Waals surface area (Å²) in [5, 5.41) is 3.57. The molecule has 0 aliphatic heterocycles. The minimum absolute atomic E-state index is 0.770. The summed E-state index contributed by atoms with van der Waals surface area (Å²) in [4.78, 5) is 0. The number of hydrogen-bond acceptors (Lipinski definition) is 2. The van der Waals surface area contributed by atoms with E-state index in [1.807, 2.05) is 0 Å². The van der Waals surface area contributed by atoms with Crippen LogP contribution in [0.15, 0.2) is 0 Å². The van der Waals surface area contributed by atoms with Gasteiger partial charge in [-0.1, -0.05) is 13.8 Å². The summed E-state index contributed by atoms with van der Waals surface area (Å²) in [6, 6.07) is 0.845. The van der Waals surface area contributed by atoms with E-state index in [2.05, 4.69) is 19.2 Å². The summed E-state index contributed by atoms with van der Waals surface area (Å²) < 4.78 is 5.08. The molecule has 78 valence electrons. The number of methoxy groups -OCH3 is 1. The molecular formula is C11H23NO. The van der Waals surface area contributed by atoms with Gasteiger partial charge in [0.05, 0.1) is 0 Å². The van der Waals surface area contributed by atoms with Crippen LogP contribution < -0.4 is 5.32 Å². The summed E-state index contributed by atoms with van der Waals surface area (Å²) in [6.07, 6.45) is 3.96. The highest BCUT2D eigenvalue weighted by Gasteiger charge is 2.22. The minimum atomic E-state index is 0.770. The number of rotatable bonds is 7. The number of hydrogen-bond donors (Lipinski definition) is 1. The molecule has 0 aromatic heterocycles. The van der Waals surface area contributed by atoms with Crippen LogP contribution in [-0.4, -0.2) is 26.3 Å². The molecule has 0 aromatic rings. The van der Waals surface area contributed by atoms with E-state index >= 15 is 0 Å². The summed E-state index contributed by atoms with van der Waals surface area (Å²) in [5.74, 6) is 1.54. The van der Waals surface area contributed by atoms with Crippen LogP contribution in [0.4, 0.5) is 0 Å². The molecule has 0 heterocycles. The van der Waals surface area contributed by atoms with Gasteiger partial charge in [0.15, 0.2) is 0 Å². The first-order valence-electron chi connectivity index (χ1n) is 5.46. The third-order valence-corrected chi connectivity index (χ3v) is 3.05. The van der Waals surface area contributed by atoms with Crippen molar-refractivity contribution >= 4 is 0 Å². The van der Waals surface area contributed by atoms with Crippen LogP contribution in [0, 0.1) is 11.8 Å². The van der Waals surface area contributed by atoms with Gasteiger partial charge in [-0.05, 0) is 37.6 Å². The predicted molar refractivity (Wildman–Crippen MR) is 55.8 cm³/mol. The Morgan fingerprint density at radius 3 is 2.54 bits per heavy atom. The van der Waals surface area contributed by atoms with Crippen molar-refractivity contribution in [2.75, 3.05) is 20.3 Å². The largest absolute Gasteiger partial charge is 0.385 e. The van der Waals surface area contributed by atoms with Gasteiger partial charge in [0.25, 0.3) is 0 Å². The van der Waals surface area contributed by atoms with Gasteiger partial charge in [0.1, 0.15) is 0 Å². The summed E-state index contributed by atoms with van der Waals surface area (Å²) in [6.45, 7) is 6.72. The number of nitrogens with one attached hydrogen (secondary N) is 1. The second-order valence-electron chi connectivity index (χ2n) is 4.42. The molecule has 0 saturated heterocycles. The fourth-order valence-electron chi connectivity index (χ4n) is 1.43. The lowest BCUT2D eigenvalue weighted by Crippen LogP contribution is -2.27. The van der Waals surface area contributed by atoms with Gasteiger partial charge in [0.2, 0.25) is 0 Å². The molecule has 1 fully saturated rings. The van der Waals surface area contributed by atoms with Gasteiger partial charge in [0, 0.05) is 19.8 Å². The lowest BCUT2D eigenvalue weighted by atomic mass is 9.93. The normalized spacial score (nSPS) is 21.5. The second-order valence-corrected chi connectivity index (χ2v) is 4.42. The van der Waals surface area contributed by atoms with E-state index in [1.54, 1.807) is 7.11 Å². The Kier molecular flexibility index (Phi) is 4.74. The van der Waals surface area contributed by atoms with Crippen molar-refractivity contribution in [1.82, 2.24) is 5.32 Å². The van der Waals surface area contributed by atoms with Crippen LogP contribution in [0.2, 0.25) is 0 Å². The fraction of sp³-hybridized carbons (Fsp3) is 1.00. The first kappa shape index (κ1) is 11.0. The SMILES string of the molecule is COCCC(C)C(C)CNC1CC1. The van der Waals surface area contributed by atoms with E-state index in [0.717, 1.165) is 24.5 Å². The Labute approximate surface area is 82.0 Å². The van der Waals surface area contributed by atoms with Crippen LogP contribution in [0.1, 0.15) is 33.1 Å². The van der Waals surface area contributed by atoms with Crippen LogP contribution in [0.3, 0.4) is 0 Å². The van der Waals surface area contributed by atoms with Crippen LogP contribution in [0.5, 0.6) is 0 Å². The average Bonchev–Trinajstić information content (AvgIpc) is 2.93. The van der Waals surface area contributed by atoms with E-state index in [9.17, 15) is 0 Å². The molecule has 1 rings (SSSR count). The zero-order valence-corrected chi connectivity index (χ0v) is 9.18. The molecule has 2 nitrogen and oxygen atoms in total. The molecule has 2 heteroatoms. The standard InChI is InChI=1S/C11H23NO/c1-9(6-7-13-3)10(2)8-12-11-4-5-11/h9-12H,4-8H2,1-3H3. The number of ether oxygens (including phenoxy) is 1. The molecule has 1 aliphatic rings. The molecule has 1 saturated carbocycles. The summed E-state index contributed by atoms with van der Waals surface area (Å²) >= 11 is 0. The van der Waals surface area contributed by atoms with E-state index in [4.69, 9.17) is 4.74 Å². The Balaban J connectivity index is 2.01. The zero-order chi connectivity index (χ0) is 9.68. The molecule has 0 amide bonds. The molecule has 0 spiro atoms. The molecule has 0 bridgehead atoms. The summed E-state index contributed by atoms with van der Waals surface area (Å²) in [5.41, 5.74) is 0. The first-order valence-corrected chi connectivity index (χ1v) is 5.46. The van der Waals surface area contributed by atoms with Crippen LogP contribution >= 0.6 is 0 Å². The van der Waals surface area contributed by atoms with Gasteiger partial charge < -0.3 is 10.1 Å².